The highest BCUT2D eigenvalue weighted by molar-refractivity contribution is 5.94. The monoisotopic (exact) mass is 408 g/mol. The Morgan fingerprint density at radius 1 is 1.10 bits per heavy atom. The molecule has 2 aromatic rings. The van der Waals surface area contributed by atoms with Crippen LogP contribution in [-0.4, -0.2) is 41.4 Å². The van der Waals surface area contributed by atoms with Crippen LogP contribution < -0.4 is 20.9 Å². The number of anilines is 4. The van der Waals surface area contributed by atoms with Gasteiger partial charge in [0.05, 0.1) is 5.92 Å². The maximum absolute atomic E-state index is 12.4. The average molecular weight is 409 g/mol. The van der Waals surface area contributed by atoms with E-state index in [1.54, 1.807) is 0 Å². The summed E-state index contributed by atoms with van der Waals surface area (Å²) in [5.74, 6) is 1.31. The number of nitrogens with zero attached hydrogens (tertiary/aromatic N) is 3. The van der Waals surface area contributed by atoms with E-state index in [1.807, 2.05) is 37.3 Å². The van der Waals surface area contributed by atoms with Crippen molar-refractivity contribution in [2.45, 2.75) is 39.0 Å². The van der Waals surface area contributed by atoms with Crippen molar-refractivity contribution in [3.05, 3.63) is 36.0 Å². The molecule has 0 spiro atoms. The van der Waals surface area contributed by atoms with Crippen LogP contribution in [0.5, 0.6) is 0 Å². The number of aromatic nitrogens is 2. The molecule has 2 aliphatic heterocycles. The Bertz CT molecular complexity index is 898. The Balaban J connectivity index is 1.38. The predicted octanol–water partition coefficient (Wildman–Crippen LogP) is 2.98. The Labute approximate surface area is 176 Å². The van der Waals surface area contributed by atoms with Gasteiger partial charge >= 0.3 is 0 Å². The number of carbonyl (C=O) groups excluding carboxylic acids is 2. The molecular weight excluding hydrogens is 380 g/mol. The van der Waals surface area contributed by atoms with Gasteiger partial charge in [0.1, 0.15) is 5.82 Å². The molecule has 3 N–H and O–H groups in total. The topological polar surface area (TPSA) is 99.2 Å². The number of piperidine rings is 2. The lowest BCUT2D eigenvalue weighted by Crippen LogP contribution is -2.40. The van der Waals surface area contributed by atoms with E-state index in [1.165, 1.54) is 19.3 Å². The first-order valence-electron chi connectivity index (χ1n) is 10.6. The summed E-state index contributed by atoms with van der Waals surface area (Å²) in [6.45, 7) is 4.38. The highest BCUT2D eigenvalue weighted by atomic mass is 16.2. The quantitative estimate of drug-likeness (QED) is 0.703. The number of benzene rings is 1. The smallest absolute Gasteiger partial charge is 0.229 e. The Hall–Kier alpha value is -3.16. The van der Waals surface area contributed by atoms with Crippen LogP contribution >= 0.6 is 0 Å². The van der Waals surface area contributed by atoms with E-state index in [2.05, 4.69) is 25.8 Å². The normalized spacial score (nSPS) is 19.2. The molecule has 3 heterocycles. The molecule has 2 aliphatic rings. The van der Waals surface area contributed by atoms with Gasteiger partial charge in [-0.05, 0) is 56.9 Å². The third-order valence-corrected chi connectivity index (χ3v) is 5.54. The van der Waals surface area contributed by atoms with Gasteiger partial charge in [-0.25, -0.2) is 4.98 Å². The summed E-state index contributed by atoms with van der Waals surface area (Å²) in [7, 11) is 0. The van der Waals surface area contributed by atoms with Crippen LogP contribution in [-0.2, 0) is 9.59 Å². The second-order valence-corrected chi connectivity index (χ2v) is 7.97. The van der Waals surface area contributed by atoms with E-state index >= 15 is 0 Å². The molecule has 1 atom stereocenters. The molecule has 2 saturated heterocycles. The first kappa shape index (κ1) is 20.1. The summed E-state index contributed by atoms with van der Waals surface area (Å²) >= 11 is 0. The molecule has 2 amide bonds. The summed E-state index contributed by atoms with van der Waals surface area (Å²) in [5.41, 5.74) is 2.55. The van der Waals surface area contributed by atoms with Crippen LogP contribution in [0.3, 0.4) is 0 Å². The fourth-order valence-corrected chi connectivity index (χ4v) is 3.84. The van der Waals surface area contributed by atoms with E-state index < -0.39 is 0 Å². The van der Waals surface area contributed by atoms with Crippen LogP contribution in [0.4, 0.5) is 23.1 Å². The van der Waals surface area contributed by atoms with E-state index in [-0.39, 0.29) is 17.7 Å². The Morgan fingerprint density at radius 2 is 1.83 bits per heavy atom. The molecule has 8 heteroatoms. The Kier molecular flexibility index (Phi) is 6.11. The molecule has 30 heavy (non-hydrogen) atoms. The number of rotatable bonds is 5. The molecular formula is C22H28N6O2. The third-order valence-electron chi connectivity index (χ3n) is 5.54. The van der Waals surface area contributed by atoms with Crippen molar-refractivity contribution < 1.29 is 9.59 Å². The Morgan fingerprint density at radius 3 is 2.53 bits per heavy atom. The first-order chi connectivity index (χ1) is 14.6. The molecule has 4 rings (SSSR count). The maximum Gasteiger partial charge on any atom is 0.229 e. The lowest BCUT2D eigenvalue weighted by Gasteiger charge is -2.27. The van der Waals surface area contributed by atoms with E-state index in [4.69, 9.17) is 4.98 Å². The van der Waals surface area contributed by atoms with Crippen molar-refractivity contribution >= 4 is 35.0 Å². The van der Waals surface area contributed by atoms with Crippen molar-refractivity contribution in [1.82, 2.24) is 15.3 Å². The van der Waals surface area contributed by atoms with Gasteiger partial charge in [-0.3, -0.25) is 9.59 Å². The van der Waals surface area contributed by atoms with Gasteiger partial charge in [0.15, 0.2) is 0 Å². The second-order valence-electron chi connectivity index (χ2n) is 7.97. The van der Waals surface area contributed by atoms with Gasteiger partial charge in [-0.1, -0.05) is 0 Å². The number of carbonyl (C=O) groups is 2. The van der Waals surface area contributed by atoms with Crippen molar-refractivity contribution in [3.8, 4) is 0 Å². The molecule has 158 valence electrons. The first-order valence-corrected chi connectivity index (χ1v) is 10.6. The summed E-state index contributed by atoms with van der Waals surface area (Å²) < 4.78 is 0. The van der Waals surface area contributed by atoms with Gasteiger partial charge in [-0.2, -0.15) is 4.98 Å². The van der Waals surface area contributed by atoms with E-state index in [0.29, 0.717) is 19.4 Å². The summed E-state index contributed by atoms with van der Waals surface area (Å²) in [4.78, 5) is 35.2. The molecule has 0 saturated carbocycles. The minimum Gasteiger partial charge on any atom is -0.355 e. The number of aryl methyl sites for hydroxylation is 1. The highest BCUT2D eigenvalue weighted by Gasteiger charge is 2.24. The SMILES string of the molecule is Cc1cc(Nc2ccc(NC(=O)C3CCC(=O)NC3)cc2)nc(N2CCCCC2)n1. The minimum absolute atomic E-state index is 0.0119. The maximum atomic E-state index is 12.4. The number of amides is 2. The van der Waals surface area contributed by atoms with Gasteiger partial charge in [0.25, 0.3) is 0 Å². The van der Waals surface area contributed by atoms with Crippen LogP contribution in [0, 0.1) is 12.8 Å². The summed E-state index contributed by atoms with van der Waals surface area (Å²) in [5, 5.41) is 9.01. The summed E-state index contributed by atoms with van der Waals surface area (Å²) in [6.07, 6.45) is 4.62. The van der Waals surface area contributed by atoms with Crippen LogP contribution in [0.1, 0.15) is 37.8 Å². The average Bonchev–Trinajstić information content (AvgIpc) is 2.76. The second kappa shape index (κ2) is 9.11. The van der Waals surface area contributed by atoms with E-state index in [9.17, 15) is 9.59 Å². The van der Waals surface area contributed by atoms with E-state index in [0.717, 1.165) is 41.9 Å². The van der Waals surface area contributed by atoms with Crippen LogP contribution in [0.25, 0.3) is 0 Å². The zero-order valence-corrected chi connectivity index (χ0v) is 17.3. The van der Waals surface area contributed by atoms with Crippen molar-refractivity contribution in [2.24, 2.45) is 5.92 Å². The predicted molar refractivity (Wildman–Crippen MR) is 117 cm³/mol. The molecule has 2 fully saturated rings. The lowest BCUT2D eigenvalue weighted by molar-refractivity contribution is -0.126. The lowest BCUT2D eigenvalue weighted by atomic mass is 9.98. The molecule has 0 aliphatic carbocycles. The van der Waals surface area contributed by atoms with Crippen molar-refractivity contribution in [1.29, 1.82) is 0 Å². The highest BCUT2D eigenvalue weighted by Crippen LogP contribution is 2.22. The van der Waals surface area contributed by atoms with Crippen molar-refractivity contribution in [3.63, 3.8) is 0 Å². The molecule has 1 unspecified atom stereocenters. The molecule has 1 aromatic carbocycles. The fraction of sp³-hybridized carbons (Fsp3) is 0.455. The van der Waals surface area contributed by atoms with Crippen molar-refractivity contribution in [2.75, 3.05) is 35.2 Å². The van der Waals surface area contributed by atoms with Crippen LogP contribution in [0.2, 0.25) is 0 Å². The molecule has 0 bridgehead atoms. The summed E-state index contributed by atoms with van der Waals surface area (Å²) in [6, 6.07) is 9.48. The van der Waals surface area contributed by atoms with Gasteiger partial charge in [0.2, 0.25) is 17.8 Å². The largest absolute Gasteiger partial charge is 0.355 e. The minimum atomic E-state index is -0.183. The number of hydrogen-bond donors (Lipinski definition) is 3. The zero-order chi connectivity index (χ0) is 20.9. The molecule has 1 aromatic heterocycles. The molecule has 8 nitrogen and oxygen atoms in total. The standard InChI is InChI=1S/C22H28N6O2/c1-15-13-19(27-22(24-15)28-11-3-2-4-12-28)25-17-6-8-18(9-7-17)26-21(30)16-5-10-20(29)23-14-16/h6-9,13,16H,2-5,10-12,14H2,1H3,(H,23,29)(H,26,30)(H,24,25,27). The van der Waals surface area contributed by atoms with Gasteiger partial charge in [-0.15, -0.1) is 0 Å². The van der Waals surface area contributed by atoms with Crippen LogP contribution in [0.15, 0.2) is 30.3 Å². The zero-order valence-electron chi connectivity index (χ0n) is 17.3. The van der Waals surface area contributed by atoms with Gasteiger partial charge < -0.3 is 20.9 Å². The number of hydrogen-bond acceptors (Lipinski definition) is 6. The fourth-order valence-electron chi connectivity index (χ4n) is 3.84. The molecule has 0 radical (unpaired) electrons. The number of nitrogens with one attached hydrogen (secondary N) is 3. The third kappa shape index (κ3) is 5.06. The van der Waals surface area contributed by atoms with Gasteiger partial charge in [0, 0.05) is 49.2 Å².